The van der Waals surface area contributed by atoms with Crippen LogP contribution in [0.4, 0.5) is 18.9 Å². The van der Waals surface area contributed by atoms with Crippen molar-refractivity contribution in [2.24, 2.45) is 0 Å². The van der Waals surface area contributed by atoms with Crippen molar-refractivity contribution in [1.82, 2.24) is 4.98 Å². The highest BCUT2D eigenvalue weighted by molar-refractivity contribution is 6.31. The van der Waals surface area contributed by atoms with E-state index in [1.165, 1.54) is 0 Å². The van der Waals surface area contributed by atoms with Crippen LogP contribution >= 0.6 is 11.6 Å². The minimum absolute atomic E-state index is 0.0827. The van der Waals surface area contributed by atoms with Crippen LogP contribution in [0.5, 0.6) is 11.6 Å². The molecule has 1 aromatic carbocycles. The second-order valence-corrected chi connectivity index (χ2v) is 5.00. The van der Waals surface area contributed by atoms with Gasteiger partial charge < -0.3 is 10.5 Å². The molecule has 2 rings (SSSR count). The summed E-state index contributed by atoms with van der Waals surface area (Å²) < 4.78 is 43.2. The number of nitrogens with two attached hydrogens (primary N) is 1. The number of aromatic nitrogens is 1. The smallest absolute Gasteiger partial charge is 0.417 e. The van der Waals surface area contributed by atoms with E-state index in [0.29, 0.717) is 17.6 Å². The van der Waals surface area contributed by atoms with Gasteiger partial charge in [0.1, 0.15) is 10.8 Å². The molecule has 0 aliphatic heterocycles. The van der Waals surface area contributed by atoms with Gasteiger partial charge in [-0.25, -0.2) is 4.98 Å². The standard InChI is InChI=1S/C14H12ClF3N2O/c1-7-3-10(19)4-8(2)12(7)21-13-11(15)5-9(6-20-13)14(16,17)18/h3-6H,19H2,1-2H3. The van der Waals surface area contributed by atoms with E-state index < -0.39 is 11.7 Å². The molecule has 0 amide bonds. The number of hydrogen-bond donors (Lipinski definition) is 1. The lowest BCUT2D eigenvalue weighted by Gasteiger charge is -2.14. The Morgan fingerprint density at radius 3 is 2.19 bits per heavy atom. The number of hydrogen-bond acceptors (Lipinski definition) is 3. The third-order valence-electron chi connectivity index (χ3n) is 2.82. The molecule has 7 heteroatoms. The lowest BCUT2D eigenvalue weighted by atomic mass is 10.1. The van der Waals surface area contributed by atoms with E-state index in [9.17, 15) is 13.2 Å². The summed E-state index contributed by atoms with van der Waals surface area (Å²) in [5, 5.41) is -0.208. The first-order chi connectivity index (χ1) is 9.68. The first-order valence-electron chi connectivity index (χ1n) is 5.96. The van der Waals surface area contributed by atoms with Crippen LogP contribution in [0.3, 0.4) is 0 Å². The highest BCUT2D eigenvalue weighted by Gasteiger charge is 2.31. The lowest BCUT2D eigenvalue weighted by Crippen LogP contribution is -2.06. The van der Waals surface area contributed by atoms with Crippen LogP contribution in [0.15, 0.2) is 24.4 Å². The van der Waals surface area contributed by atoms with Crippen LogP contribution in [0.25, 0.3) is 0 Å². The predicted molar refractivity (Wildman–Crippen MR) is 74.7 cm³/mol. The summed E-state index contributed by atoms with van der Waals surface area (Å²) >= 11 is 5.81. The Balaban J connectivity index is 2.37. The molecule has 0 aliphatic carbocycles. The van der Waals surface area contributed by atoms with Gasteiger partial charge in [0.05, 0.1) is 5.56 Å². The first-order valence-corrected chi connectivity index (χ1v) is 6.33. The summed E-state index contributed by atoms with van der Waals surface area (Å²) in [5.41, 5.74) is 6.83. The first kappa shape index (κ1) is 15.4. The van der Waals surface area contributed by atoms with Crippen LogP contribution in [0, 0.1) is 13.8 Å². The zero-order valence-electron chi connectivity index (χ0n) is 11.3. The Kier molecular flexibility index (Phi) is 4.00. The maximum absolute atomic E-state index is 12.5. The van der Waals surface area contributed by atoms with Crippen molar-refractivity contribution in [3.63, 3.8) is 0 Å². The predicted octanol–water partition coefficient (Wildman–Crippen LogP) is 4.75. The Hall–Kier alpha value is -1.95. The van der Waals surface area contributed by atoms with E-state index in [2.05, 4.69) is 4.98 Å². The SMILES string of the molecule is Cc1cc(N)cc(C)c1Oc1ncc(C(F)(F)F)cc1Cl. The number of aryl methyl sites for hydroxylation is 2. The van der Waals surface area contributed by atoms with Gasteiger partial charge in [0, 0.05) is 11.9 Å². The van der Waals surface area contributed by atoms with Crippen molar-refractivity contribution < 1.29 is 17.9 Å². The highest BCUT2D eigenvalue weighted by Crippen LogP contribution is 2.36. The van der Waals surface area contributed by atoms with Crippen LogP contribution in [-0.2, 0) is 6.18 Å². The van der Waals surface area contributed by atoms with Gasteiger partial charge in [-0.1, -0.05) is 11.6 Å². The number of halogens is 4. The van der Waals surface area contributed by atoms with Gasteiger partial charge in [-0.2, -0.15) is 13.2 Å². The topological polar surface area (TPSA) is 48.1 Å². The number of alkyl halides is 3. The molecule has 0 fully saturated rings. The van der Waals surface area contributed by atoms with E-state index in [1.54, 1.807) is 26.0 Å². The van der Waals surface area contributed by atoms with Crippen molar-refractivity contribution in [2.45, 2.75) is 20.0 Å². The van der Waals surface area contributed by atoms with Gasteiger partial charge in [0.25, 0.3) is 0 Å². The highest BCUT2D eigenvalue weighted by atomic mass is 35.5. The van der Waals surface area contributed by atoms with Crippen molar-refractivity contribution in [2.75, 3.05) is 5.73 Å². The van der Waals surface area contributed by atoms with Crippen LogP contribution in [0.1, 0.15) is 16.7 Å². The molecule has 0 unspecified atom stereocenters. The number of rotatable bonds is 2. The average molecular weight is 317 g/mol. The van der Waals surface area contributed by atoms with E-state index in [1.807, 2.05) is 0 Å². The minimum atomic E-state index is -4.50. The lowest BCUT2D eigenvalue weighted by molar-refractivity contribution is -0.137. The maximum atomic E-state index is 12.5. The van der Waals surface area contributed by atoms with Crippen LogP contribution in [-0.4, -0.2) is 4.98 Å². The zero-order chi connectivity index (χ0) is 15.8. The molecule has 0 saturated carbocycles. The molecule has 0 saturated heterocycles. The van der Waals surface area contributed by atoms with Crippen molar-refractivity contribution in [3.05, 3.63) is 46.1 Å². The molecule has 112 valence electrons. The molecular weight excluding hydrogens is 305 g/mol. The molecule has 1 heterocycles. The Labute approximate surface area is 124 Å². The summed E-state index contributed by atoms with van der Waals surface area (Å²) in [5.74, 6) is 0.388. The monoisotopic (exact) mass is 316 g/mol. The fourth-order valence-corrected chi connectivity index (χ4v) is 2.10. The summed E-state index contributed by atoms with van der Waals surface area (Å²) in [6.45, 7) is 3.55. The fourth-order valence-electron chi connectivity index (χ4n) is 1.90. The van der Waals surface area contributed by atoms with Gasteiger partial charge >= 0.3 is 6.18 Å². The number of pyridine rings is 1. The third-order valence-corrected chi connectivity index (χ3v) is 3.09. The van der Waals surface area contributed by atoms with Crippen LogP contribution < -0.4 is 10.5 Å². The van der Waals surface area contributed by atoms with Gasteiger partial charge in [0.15, 0.2) is 0 Å². The largest absolute Gasteiger partial charge is 0.437 e. The maximum Gasteiger partial charge on any atom is 0.417 e. The average Bonchev–Trinajstić information content (AvgIpc) is 2.33. The third kappa shape index (κ3) is 3.39. The van der Waals surface area contributed by atoms with Gasteiger partial charge in [0.2, 0.25) is 5.88 Å². The normalized spacial score (nSPS) is 11.5. The van der Waals surface area contributed by atoms with Gasteiger partial charge in [-0.3, -0.25) is 0 Å². The van der Waals surface area contributed by atoms with Crippen molar-refractivity contribution in [1.29, 1.82) is 0 Å². The number of benzene rings is 1. The summed E-state index contributed by atoms with van der Waals surface area (Å²) in [6.07, 6.45) is -3.81. The van der Waals surface area contributed by atoms with E-state index >= 15 is 0 Å². The summed E-state index contributed by atoms with van der Waals surface area (Å²) in [6, 6.07) is 4.17. The van der Waals surface area contributed by atoms with Crippen LogP contribution in [0.2, 0.25) is 5.02 Å². The molecule has 21 heavy (non-hydrogen) atoms. The summed E-state index contributed by atoms with van der Waals surface area (Å²) in [4.78, 5) is 3.64. The fraction of sp³-hybridized carbons (Fsp3) is 0.214. The molecule has 0 aliphatic rings. The number of nitrogens with zero attached hydrogens (tertiary/aromatic N) is 1. The Morgan fingerprint density at radius 2 is 1.71 bits per heavy atom. The van der Waals surface area contributed by atoms with Gasteiger partial charge in [-0.15, -0.1) is 0 Å². The number of nitrogen functional groups attached to an aromatic ring is 1. The number of ether oxygens (including phenoxy) is 1. The molecular formula is C14H12ClF3N2O. The zero-order valence-corrected chi connectivity index (χ0v) is 12.0. The van der Waals surface area contributed by atoms with Crippen molar-refractivity contribution >= 4 is 17.3 Å². The minimum Gasteiger partial charge on any atom is -0.437 e. The van der Waals surface area contributed by atoms with E-state index in [-0.39, 0.29) is 10.9 Å². The molecule has 0 bridgehead atoms. The molecule has 0 radical (unpaired) electrons. The second-order valence-electron chi connectivity index (χ2n) is 4.59. The van der Waals surface area contributed by atoms with Crippen molar-refractivity contribution in [3.8, 4) is 11.6 Å². The Morgan fingerprint density at radius 1 is 1.14 bits per heavy atom. The second kappa shape index (κ2) is 5.44. The summed E-state index contributed by atoms with van der Waals surface area (Å²) in [7, 11) is 0. The molecule has 2 aromatic rings. The molecule has 1 aromatic heterocycles. The van der Waals surface area contributed by atoms with Gasteiger partial charge in [-0.05, 0) is 43.2 Å². The number of anilines is 1. The van der Waals surface area contributed by atoms with E-state index in [0.717, 1.165) is 17.2 Å². The van der Waals surface area contributed by atoms with E-state index in [4.69, 9.17) is 22.1 Å². The molecule has 3 nitrogen and oxygen atoms in total. The molecule has 0 spiro atoms. The quantitative estimate of drug-likeness (QED) is 0.814. The Bertz CT molecular complexity index is 663. The molecule has 2 N–H and O–H groups in total. The molecule has 0 atom stereocenters.